The highest BCUT2D eigenvalue weighted by atomic mass is 35.5. The van der Waals surface area contributed by atoms with Crippen molar-refractivity contribution in [2.45, 2.75) is 46.1 Å². The Bertz CT molecular complexity index is 883. The number of carboxylic acids is 1. The quantitative estimate of drug-likeness (QED) is 0.665. The SMILES string of the molecule is CC(C)c1ccc(N(C(=O)c2ccccc2)[C@](C)(C(=O)O)C(C)C)c(F)c1Cl. The summed E-state index contributed by atoms with van der Waals surface area (Å²) in [6.45, 7) is 8.54. The molecule has 0 unspecified atom stereocenters. The standard InChI is InChI=1S/C22H25ClFNO3/c1-13(2)16-11-12-17(19(24)18(16)23)25(22(5,14(3)4)21(27)28)20(26)15-9-7-6-8-10-15/h6-14H,1-5H3,(H,27,28)/t22-/m0/s1. The molecule has 0 spiro atoms. The molecule has 0 saturated heterocycles. The van der Waals surface area contributed by atoms with Gasteiger partial charge in [-0.3, -0.25) is 9.69 Å². The van der Waals surface area contributed by atoms with Crippen LogP contribution in [0.3, 0.4) is 0 Å². The van der Waals surface area contributed by atoms with Crippen LogP contribution < -0.4 is 4.90 Å². The smallest absolute Gasteiger partial charge is 0.330 e. The number of amides is 1. The third-order valence-corrected chi connectivity index (χ3v) is 5.58. The molecule has 1 atom stereocenters. The normalized spacial score (nSPS) is 13.5. The van der Waals surface area contributed by atoms with Crippen LogP contribution in [0.2, 0.25) is 5.02 Å². The third kappa shape index (κ3) is 3.76. The lowest BCUT2D eigenvalue weighted by molar-refractivity contribution is -0.144. The Hall–Kier alpha value is -2.40. The first-order chi connectivity index (χ1) is 13.0. The molecule has 2 rings (SSSR count). The second kappa shape index (κ2) is 8.31. The second-order valence-electron chi connectivity index (χ2n) is 7.57. The molecule has 0 saturated carbocycles. The molecular formula is C22H25ClFNO3. The highest BCUT2D eigenvalue weighted by Gasteiger charge is 2.47. The summed E-state index contributed by atoms with van der Waals surface area (Å²) >= 11 is 6.24. The maximum absolute atomic E-state index is 15.3. The number of hydrogen-bond acceptors (Lipinski definition) is 2. The Kier molecular flexibility index (Phi) is 6.50. The number of halogens is 2. The minimum absolute atomic E-state index is 0.0229. The van der Waals surface area contributed by atoms with E-state index >= 15 is 4.39 Å². The van der Waals surface area contributed by atoms with Crippen LogP contribution in [0.15, 0.2) is 42.5 Å². The van der Waals surface area contributed by atoms with Crippen LogP contribution in [0.5, 0.6) is 0 Å². The fourth-order valence-corrected chi connectivity index (χ4v) is 3.43. The number of anilines is 1. The van der Waals surface area contributed by atoms with Gasteiger partial charge in [-0.2, -0.15) is 0 Å². The summed E-state index contributed by atoms with van der Waals surface area (Å²) in [5, 5.41) is 9.88. The summed E-state index contributed by atoms with van der Waals surface area (Å²) in [5.41, 5.74) is -0.978. The minimum Gasteiger partial charge on any atom is -0.479 e. The molecule has 6 heteroatoms. The van der Waals surface area contributed by atoms with Crippen LogP contribution >= 0.6 is 11.6 Å². The van der Waals surface area contributed by atoms with Gasteiger partial charge in [0.2, 0.25) is 0 Å². The van der Waals surface area contributed by atoms with E-state index in [0.29, 0.717) is 5.56 Å². The zero-order valence-electron chi connectivity index (χ0n) is 16.7. The number of hydrogen-bond donors (Lipinski definition) is 1. The van der Waals surface area contributed by atoms with Gasteiger partial charge in [-0.05, 0) is 42.5 Å². The number of carbonyl (C=O) groups excluding carboxylic acids is 1. The van der Waals surface area contributed by atoms with Gasteiger partial charge < -0.3 is 5.11 Å². The van der Waals surface area contributed by atoms with E-state index in [2.05, 4.69) is 0 Å². The van der Waals surface area contributed by atoms with Gasteiger partial charge in [-0.25, -0.2) is 9.18 Å². The highest BCUT2D eigenvalue weighted by Crippen LogP contribution is 2.38. The van der Waals surface area contributed by atoms with E-state index in [1.807, 2.05) is 13.8 Å². The Morgan fingerprint density at radius 3 is 2.11 bits per heavy atom. The Morgan fingerprint density at radius 2 is 1.64 bits per heavy atom. The first-order valence-corrected chi connectivity index (χ1v) is 9.52. The number of rotatable bonds is 6. The van der Waals surface area contributed by atoms with Crippen LogP contribution in [0, 0.1) is 11.7 Å². The first kappa shape index (κ1) is 21.9. The lowest BCUT2D eigenvalue weighted by Crippen LogP contribution is -2.59. The molecule has 1 N–H and O–H groups in total. The highest BCUT2D eigenvalue weighted by molar-refractivity contribution is 6.32. The van der Waals surface area contributed by atoms with Gasteiger partial charge in [0.1, 0.15) is 5.54 Å². The lowest BCUT2D eigenvalue weighted by atomic mass is 9.85. The average Bonchev–Trinajstić information content (AvgIpc) is 2.65. The van der Waals surface area contributed by atoms with Crippen molar-refractivity contribution in [2.24, 2.45) is 5.92 Å². The first-order valence-electron chi connectivity index (χ1n) is 9.14. The van der Waals surface area contributed by atoms with E-state index in [-0.39, 0.29) is 22.2 Å². The summed E-state index contributed by atoms with van der Waals surface area (Å²) in [7, 11) is 0. The van der Waals surface area contributed by atoms with Crippen molar-refractivity contribution >= 4 is 29.2 Å². The monoisotopic (exact) mass is 405 g/mol. The van der Waals surface area contributed by atoms with E-state index in [1.54, 1.807) is 50.2 Å². The molecule has 0 aliphatic carbocycles. The zero-order valence-corrected chi connectivity index (χ0v) is 17.4. The molecule has 0 aromatic heterocycles. The molecule has 0 fully saturated rings. The van der Waals surface area contributed by atoms with Gasteiger partial charge in [-0.1, -0.05) is 63.6 Å². The summed E-state index contributed by atoms with van der Waals surface area (Å²) in [6.07, 6.45) is 0. The maximum Gasteiger partial charge on any atom is 0.330 e. The molecule has 2 aromatic carbocycles. The fourth-order valence-electron chi connectivity index (χ4n) is 3.05. The average molecular weight is 406 g/mol. The molecule has 4 nitrogen and oxygen atoms in total. The van der Waals surface area contributed by atoms with Crippen molar-refractivity contribution < 1.29 is 19.1 Å². The van der Waals surface area contributed by atoms with Crippen LogP contribution in [-0.2, 0) is 4.79 Å². The molecule has 150 valence electrons. The van der Waals surface area contributed by atoms with E-state index in [4.69, 9.17) is 11.6 Å². The molecule has 0 bridgehead atoms. The molecule has 0 radical (unpaired) electrons. The van der Waals surface area contributed by atoms with Crippen LogP contribution in [0.1, 0.15) is 56.5 Å². The fraction of sp³-hybridized carbons (Fsp3) is 0.364. The molecule has 0 aliphatic rings. The second-order valence-corrected chi connectivity index (χ2v) is 7.95. The maximum atomic E-state index is 15.3. The number of aliphatic carboxylic acids is 1. The van der Waals surface area contributed by atoms with E-state index < -0.39 is 29.2 Å². The topological polar surface area (TPSA) is 57.6 Å². The summed E-state index contributed by atoms with van der Waals surface area (Å²) in [5.74, 6) is -3.15. The predicted octanol–water partition coefficient (Wildman–Crippen LogP) is 5.75. The van der Waals surface area contributed by atoms with Crippen molar-refractivity contribution in [3.05, 3.63) is 64.4 Å². The third-order valence-electron chi connectivity index (χ3n) is 5.20. The molecule has 1 amide bonds. The number of benzene rings is 2. The van der Waals surface area contributed by atoms with Gasteiger partial charge in [0.05, 0.1) is 10.7 Å². The molecule has 0 heterocycles. The summed E-state index contributed by atoms with van der Waals surface area (Å²) in [4.78, 5) is 26.6. The summed E-state index contributed by atoms with van der Waals surface area (Å²) < 4.78 is 15.3. The Morgan fingerprint density at radius 1 is 1.07 bits per heavy atom. The molecule has 2 aromatic rings. The summed E-state index contributed by atoms with van der Waals surface area (Å²) in [6, 6.07) is 11.3. The van der Waals surface area contributed by atoms with Crippen molar-refractivity contribution in [2.75, 3.05) is 4.90 Å². The van der Waals surface area contributed by atoms with Gasteiger partial charge in [0, 0.05) is 5.56 Å². The van der Waals surface area contributed by atoms with E-state index in [0.717, 1.165) is 4.90 Å². The van der Waals surface area contributed by atoms with Crippen molar-refractivity contribution in [1.29, 1.82) is 0 Å². The number of nitrogens with zero attached hydrogens (tertiary/aromatic N) is 1. The van der Waals surface area contributed by atoms with Gasteiger partial charge >= 0.3 is 5.97 Å². The Balaban J connectivity index is 2.78. The van der Waals surface area contributed by atoms with Crippen molar-refractivity contribution in [1.82, 2.24) is 0 Å². The minimum atomic E-state index is -1.68. The molecular weight excluding hydrogens is 381 g/mol. The van der Waals surface area contributed by atoms with Crippen LogP contribution in [-0.4, -0.2) is 22.5 Å². The van der Waals surface area contributed by atoms with Gasteiger partial charge in [0.15, 0.2) is 5.82 Å². The van der Waals surface area contributed by atoms with Gasteiger partial charge in [0.25, 0.3) is 5.91 Å². The molecule has 28 heavy (non-hydrogen) atoms. The predicted molar refractivity (Wildman–Crippen MR) is 110 cm³/mol. The lowest BCUT2D eigenvalue weighted by Gasteiger charge is -2.41. The van der Waals surface area contributed by atoms with Crippen LogP contribution in [0.25, 0.3) is 0 Å². The van der Waals surface area contributed by atoms with E-state index in [1.165, 1.54) is 13.0 Å². The Labute approximate surface area is 169 Å². The number of carbonyl (C=O) groups is 2. The zero-order chi connectivity index (χ0) is 21.2. The van der Waals surface area contributed by atoms with Gasteiger partial charge in [-0.15, -0.1) is 0 Å². The van der Waals surface area contributed by atoms with Crippen LogP contribution in [0.4, 0.5) is 10.1 Å². The number of carboxylic acid groups (broad SMARTS) is 1. The van der Waals surface area contributed by atoms with Crippen molar-refractivity contribution in [3.63, 3.8) is 0 Å². The van der Waals surface area contributed by atoms with E-state index in [9.17, 15) is 14.7 Å². The molecule has 0 aliphatic heterocycles. The van der Waals surface area contributed by atoms with Crippen molar-refractivity contribution in [3.8, 4) is 0 Å². The largest absolute Gasteiger partial charge is 0.479 e.